The van der Waals surface area contributed by atoms with Crippen molar-refractivity contribution in [2.45, 2.75) is 6.42 Å². The van der Waals surface area contributed by atoms with E-state index >= 15 is 0 Å². The number of nitrogens with one attached hydrogen (secondary N) is 1. The van der Waals surface area contributed by atoms with Crippen LogP contribution in [0.15, 0.2) is 18.2 Å². The summed E-state index contributed by atoms with van der Waals surface area (Å²) in [6.07, 6.45) is 0.793. The third-order valence-electron chi connectivity index (χ3n) is 2.13. The predicted molar refractivity (Wildman–Crippen MR) is 58.6 cm³/mol. The maximum atomic E-state index is 13.3. The lowest BCUT2D eigenvalue weighted by Crippen LogP contribution is -2.24. The number of benzene rings is 1. The molecule has 0 saturated heterocycles. The summed E-state index contributed by atoms with van der Waals surface area (Å²) < 4.78 is 18.1. The van der Waals surface area contributed by atoms with Crippen LogP contribution in [-0.2, 0) is 6.42 Å². The van der Waals surface area contributed by atoms with Gasteiger partial charge in [0.25, 0.3) is 0 Å². The minimum atomic E-state index is -0.311. The summed E-state index contributed by atoms with van der Waals surface area (Å²) in [6, 6.07) is 5.02. The molecule has 0 atom stereocenters. The first-order valence-electron chi connectivity index (χ1n) is 5.01. The topological polar surface area (TPSA) is 47.3 Å². The number of methoxy groups -OCH3 is 1. The van der Waals surface area contributed by atoms with Gasteiger partial charge in [-0.3, -0.25) is 0 Å². The van der Waals surface area contributed by atoms with Crippen LogP contribution in [0.4, 0.5) is 4.39 Å². The number of hydrogen-bond donors (Lipinski definition) is 2. The highest BCUT2D eigenvalue weighted by Gasteiger charge is 2.02. The zero-order valence-electron chi connectivity index (χ0n) is 8.92. The number of halogens is 1. The Kier molecular flexibility index (Phi) is 5.07. The summed E-state index contributed by atoms with van der Waals surface area (Å²) in [6.45, 7) is 2.22. The Bertz CT molecular complexity index is 305. The highest BCUT2D eigenvalue weighted by molar-refractivity contribution is 5.29. The Hall–Kier alpha value is -1.13. The zero-order valence-corrected chi connectivity index (χ0v) is 8.92. The summed E-state index contributed by atoms with van der Waals surface area (Å²) in [4.78, 5) is 0. The molecule has 84 valence electrons. The van der Waals surface area contributed by atoms with Crippen LogP contribution in [0.3, 0.4) is 0 Å². The molecular formula is C11H17FN2O. The van der Waals surface area contributed by atoms with Crippen molar-refractivity contribution in [3.63, 3.8) is 0 Å². The average molecular weight is 212 g/mol. The first-order valence-corrected chi connectivity index (χ1v) is 5.01. The largest absolute Gasteiger partial charge is 0.494 e. The fourth-order valence-electron chi connectivity index (χ4n) is 1.33. The van der Waals surface area contributed by atoms with Gasteiger partial charge in [0.15, 0.2) is 11.6 Å². The second-order valence-corrected chi connectivity index (χ2v) is 3.26. The van der Waals surface area contributed by atoms with E-state index in [-0.39, 0.29) is 11.6 Å². The van der Waals surface area contributed by atoms with Gasteiger partial charge in [-0.15, -0.1) is 0 Å². The van der Waals surface area contributed by atoms with E-state index in [1.54, 1.807) is 6.07 Å². The van der Waals surface area contributed by atoms with Crippen LogP contribution in [0.1, 0.15) is 5.56 Å². The summed E-state index contributed by atoms with van der Waals surface area (Å²) in [5.41, 5.74) is 6.29. The van der Waals surface area contributed by atoms with Crippen LogP contribution < -0.4 is 15.8 Å². The molecule has 0 aliphatic heterocycles. The van der Waals surface area contributed by atoms with E-state index in [1.165, 1.54) is 13.2 Å². The molecule has 0 bridgehead atoms. The predicted octanol–water partition coefficient (Wildman–Crippen LogP) is 0.925. The lowest BCUT2D eigenvalue weighted by molar-refractivity contribution is 0.386. The SMILES string of the molecule is COc1ccc(CCNCCN)cc1F. The molecule has 3 nitrogen and oxygen atoms in total. The standard InChI is InChI=1S/C11H17FN2O/c1-15-11-3-2-9(8-10(11)12)4-6-14-7-5-13/h2-3,8,14H,4-7,13H2,1H3. The lowest BCUT2D eigenvalue weighted by atomic mass is 10.1. The number of nitrogens with two attached hydrogens (primary N) is 1. The van der Waals surface area contributed by atoms with Crippen molar-refractivity contribution in [2.75, 3.05) is 26.7 Å². The van der Waals surface area contributed by atoms with E-state index in [1.807, 2.05) is 6.07 Å². The molecule has 4 heteroatoms. The zero-order chi connectivity index (χ0) is 11.1. The highest BCUT2D eigenvalue weighted by atomic mass is 19.1. The molecule has 1 aromatic carbocycles. The van der Waals surface area contributed by atoms with Gasteiger partial charge in [-0.1, -0.05) is 6.07 Å². The van der Waals surface area contributed by atoms with Crippen molar-refractivity contribution in [1.29, 1.82) is 0 Å². The quantitative estimate of drug-likeness (QED) is 0.689. The van der Waals surface area contributed by atoms with Gasteiger partial charge in [0.2, 0.25) is 0 Å². The minimum absolute atomic E-state index is 0.286. The Balaban J connectivity index is 2.45. The van der Waals surface area contributed by atoms with Crippen LogP contribution in [-0.4, -0.2) is 26.7 Å². The molecule has 0 aliphatic carbocycles. The van der Waals surface area contributed by atoms with Gasteiger partial charge < -0.3 is 15.8 Å². The normalized spacial score (nSPS) is 10.3. The van der Waals surface area contributed by atoms with Gasteiger partial charge in [0, 0.05) is 13.1 Å². The minimum Gasteiger partial charge on any atom is -0.494 e. The molecule has 3 N–H and O–H groups in total. The molecular weight excluding hydrogens is 195 g/mol. The molecule has 0 fully saturated rings. The molecule has 0 spiro atoms. The Morgan fingerprint density at radius 1 is 1.40 bits per heavy atom. The van der Waals surface area contributed by atoms with Gasteiger partial charge in [-0.05, 0) is 30.7 Å². The van der Waals surface area contributed by atoms with Crippen LogP contribution in [0, 0.1) is 5.82 Å². The lowest BCUT2D eigenvalue weighted by Gasteiger charge is -2.05. The van der Waals surface area contributed by atoms with Gasteiger partial charge in [0.05, 0.1) is 7.11 Å². The van der Waals surface area contributed by atoms with Gasteiger partial charge in [-0.2, -0.15) is 0 Å². The Morgan fingerprint density at radius 2 is 2.20 bits per heavy atom. The second kappa shape index (κ2) is 6.37. The molecule has 0 aliphatic rings. The van der Waals surface area contributed by atoms with Crippen LogP contribution >= 0.6 is 0 Å². The van der Waals surface area contributed by atoms with Crippen LogP contribution in [0.25, 0.3) is 0 Å². The number of ether oxygens (including phenoxy) is 1. The van der Waals surface area contributed by atoms with Crippen LogP contribution in [0.2, 0.25) is 0 Å². The summed E-state index contributed by atoms with van der Waals surface area (Å²) in [7, 11) is 1.46. The van der Waals surface area contributed by atoms with Gasteiger partial charge in [0.1, 0.15) is 0 Å². The number of rotatable bonds is 6. The van der Waals surface area contributed by atoms with Crippen molar-refractivity contribution in [1.82, 2.24) is 5.32 Å². The monoisotopic (exact) mass is 212 g/mol. The van der Waals surface area contributed by atoms with Crippen molar-refractivity contribution < 1.29 is 9.13 Å². The van der Waals surface area contributed by atoms with Crippen molar-refractivity contribution in [3.05, 3.63) is 29.6 Å². The molecule has 1 rings (SSSR count). The molecule has 0 amide bonds. The van der Waals surface area contributed by atoms with Crippen LogP contribution in [0.5, 0.6) is 5.75 Å². The first-order chi connectivity index (χ1) is 7.27. The van der Waals surface area contributed by atoms with Gasteiger partial charge in [-0.25, -0.2) is 4.39 Å². The summed E-state index contributed by atoms with van der Waals surface area (Å²) >= 11 is 0. The molecule has 0 heterocycles. The maximum Gasteiger partial charge on any atom is 0.165 e. The second-order valence-electron chi connectivity index (χ2n) is 3.26. The van der Waals surface area contributed by atoms with Crippen molar-refractivity contribution >= 4 is 0 Å². The fraction of sp³-hybridized carbons (Fsp3) is 0.455. The van der Waals surface area contributed by atoms with E-state index in [0.717, 1.165) is 25.1 Å². The smallest absolute Gasteiger partial charge is 0.165 e. The third kappa shape index (κ3) is 3.85. The first kappa shape index (κ1) is 11.9. The molecule has 0 saturated carbocycles. The average Bonchev–Trinajstić information content (AvgIpc) is 2.25. The molecule has 1 aromatic rings. The van der Waals surface area contributed by atoms with Gasteiger partial charge >= 0.3 is 0 Å². The van der Waals surface area contributed by atoms with E-state index in [2.05, 4.69) is 5.32 Å². The molecule has 15 heavy (non-hydrogen) atoms. The summed E-state index contributed by atoms with van der Waals surface area (Å²) in [5, 5.41) is 3.15. The molecule has 0 aromatic heterocycles. The Labute approximate surface area is 89.4 Å². The third-order valence-corrected chi connectivity index (χ3v) is 2.13. The van der Waals surface area contributed by atoms with E-state index in [9.17, 15) is 4.39 Å². The van der Waals surface area contributed by atoms with E-state index in [0.29, 0.717) is 6.54 Å². The fourth-order valence-corrected chi connectivity index (χ4v) is 1.33. The Morgan fingerprint density at radius 3 is 2.80 bits per heavy atom. The van der Waals surface area contributed by atoms with Crippen molar-refractivity contribution in [3.8, 4) is 5.75 Å². The van der Waals surface area contributed by atoms with E-state index in [4.69, 9.17) is 10.5 Å². The molecule has 0 unspecified atom stereocenters. The summed E-state index contributed by atoms with van der Waals surface area (Å²) in [5.74, 6) is -0.0255. The van der Waals surface area contributed by atoms with E-state index < -0.39 is 0 Å². The van der Waals surface area contributed by atoms with Crippen molar-refractivity contribution in [2.24, 2.45) is 5.73 Å². The maximum absolute atomic E-state index is 13.3. The number of hydrogen-bond acceptors (Lipinski definition) is 3. The molecule has 0 radical (unpaired) electrons. The highest BCUT2D eigenvalue weighted by Crippen LogP contribution is 2.17.